The molecule has 0 radical (unpaired) electrons. The molecule has 84 valence electrons. The van der Waals surface area contributed by atoms with E-state index >= 15 is 0 Å². The Bertz CT molecular complexity index is 305. The molecule has 0 amide bonds. The van der Waals surface area contributed by atoms with Crippen LogP contribution in [-0.4, -0.2) is 17.5 Å². The van der Waals surface area contributed by atoms with E-state index in [2.05, 4.69) is 29.1 Å². The zero-order chi connectivity index (χ0) is 11.3. The van der Waals surface area contributed by atoms with Crippen LogP contribution in [0.5, 0.6) is 0 Å². The molecule has 5 heteroatoms. The quantitative estimate of drug-likeness (QED) is 0.607. The molecule has 3 N–H and O–H groups in total. The highest BCUT2D eigenvalue weighted by Gasteiger charge is 2.07. The van der Waals surface area contributed by atoms with Crippen LogP contribution in [0.4, 0.5) is 0 Å². The summed E-state index contributed by atoms with van der Waals surface area (Å²) in [5, 5.41) is 6.09. The van der Waals surface area contributed by atoms with E-state index in [4.69, 9.17) is 5.73 Å². The molecule has 0 fully saturated rings. The molecule has 1 atom stereocenters. The molecule has 4 nitrogen and oxygen atoms in total. The molecule has 1 unspecified atom stereocenters. The van der Waals surface area contributed by atoms with Gasteiger partial charge < -0.3 is 11.1 Å². The molecular weight excluding hydrogens is 208 g/mol. The third-order valence-electron chi connectivity index (χ3n) is 1.81. The van der Waals surface area contributed by atoms with Crippen LogP contribution in [0.25, 0.3) is 0 Å². The first-order valence-electron chi connectivity index (χ1n) is 5.05. The predicted octanol–water partition coefficient (Wildman–Crippen LogP) is 1.76. The summed E-state index contributed by atoms with van der Waals surface area (Å²) in [4.78, 5) is 8.44. The molecule has 1 rings (SSSR count). The van der Waals surface area contributed by atoms with Gasteiger partial charge in [0.05, 0.1) is 6.04 Å². The maximum atomic E-state index is 5.74. The zero-order valence-corrected chi connectivity index (χ0v) is 10.2. The summed E-state index contributed by atoms with van der Waals surface area (Å²) in [5.41, 5.74) is 5.74. The van der Waals surface area contributed by atoms with Crippen molar-refractivity contribution >= 4 is 17.3 Å². The van der Waals surface area contributed by atoms with Crippen molar-refractivity contribution in [2.24, 2.45) is 16.6 Å². The van der Waals surface area contributed by atoms with Crippen LogP contribution in [0.3, 0.4) is 0 Å². The Morgan fingerprint density at radius 1 is 1.60 bits per heavy atom. The lowest BCUT2D eigenvalue weighted by Crippen LogP contribution is -2.34. The lowest BCUT2D eigenvalue weighted by molar-refractivity contribution is 0.651. The highest BCUT2D eigenvalue weighted by Crippen LogP contribution is 2.13. The summed E-state index contributed by atoms with van der Waals surface area (Å²) in [5.74, 6) is 1.02. The molecule has 1 aromatic rings. The fraction of sp³-hybridized carbons (Fsp3) is 0.600. The minimum Gasteiger partial charge on any atom is -0.370 e. The van der Waals surface area contributed by atoms with Crippen LogP contribution in [0, 0.1) is 5.92 Å². The Morgan fingerprint density at radius 2 is 2.33 bits per heavy atom. The fourth-order valence-corrected chi connectivity index (χ4v) is 1.70. The Hall–Kier alpha value is -1.10. The summed E-state index contributed by atoms with van der Waals surface area (Å²) >= 11 is 1.61. The second-order valence-corrected chi connectivity index (χ2v) is 4.78. The van der Waals surface area contributed by atoms with Gasteiger partial charge in [0, 0.05) is 18.1 Å². The van der Waals surface area contributed by atoms with Gasteiger partial charge in [-0.15, -0.1) is 11.3 Å². The van der Waals surface area contributed by atoms with E-state index in [1.165, 1.54) is 0 Å². The molecule has 0 saturated carbocycles. The van der Waals surface area contributed by atoms with E-state index in [0.29, 0.717) is 11.9 Å². The smallest absolute Gasteiger partial charge is 0.189 e. The Balaban J connectivity index is 2.44. The lowest BCUT2D eigenvalue weighted by Gasteiger charge is -2.11. The number of rotatable bonds is 4. The van der Waals surface area contributed by atoms with Gasteiger partial charge >= 0.3 is 0 Å². The third kappa shape index (κ3) is 4.29. The van der Waals surface area contributed by atoms with E-state index < -0.39 is 0 Å². The van der Waals surface area contributed by atoms with Crippen molar-refractivity contribution < 1.29 is 0 Å². The summed E-state index contributed by atoms with van der Waals surface area (Å²) in [7, 11) is 0. The van der Waals surface area contributed by atoms with E-state index in [1.54, 1.807) is 17.5 Å². The summed E-state index contributed by atoms with van der Waals surface area (Å²) in [6.45, 7) is 7.00. The monoisotopic (exact) mass is 226 g/mol. The highest BCUT2D eigenvalue weighted by atomic mass is 32.1. The molecular formula is C10H18N4S. The molecule has 0 aliphatic heterocycles. The van der Waals surface area contributed by atoms with Crippen LogP contribution in [0.1, 0.15) is 31.8 Å². The molecule has 0 aliphatic carbocycles. The number of hydrogen-bond donors (Lipinski definition) is 2. The first-order chi connectivity index (χ1) is 7.09. The van der Waals surface area contributed by atoms with Gasteiger partial charge in [0.15, 0.2) is 5.96 Å². The van der Waals surface area contributed by atoms with E-state index in [-0.39, 0.29) is 6.04 Å². The number of nitrogens with one attached hydrogen (secondary N) is 1. The fourth-order valence-electron chi connectivity index (χ4n) is 1.06. The van der Waals surface area contributed by atoms with Crippen LogP contribution < -0.4 is 11.1 Å². The Morgan fingerprint density at radius 3 is 2.87 bits per heavy atom. The molecule has 0 aromatic carbocycles. The Labute approximate surface area is 94.6 Å². The zero-order valence-electron chi connectivity index (χ0n) is 9.40. The number of hydrogen-bond acceptors (Lipinski definition) is 3. The first kappa shape index (κ1) is 12.0. The summed E-state index contributed by atoms with van der Waals surface area (Å²) < 4.78 is 0. The second-order valence-electron chi connectivity index (χ2n) is 3.86. The van der Waals surface area contributed by atoms with Crippen molar-refractivity contribution in [3.8, 4) is 0 Å². The molecule has 0 bridgehead atoms. The van der Waals surface area contributed by atoms with Gasteiger partial charge in [-0.25, -0.2) is 4.98 Å². The largest absolute Gasteiger partial charge is 0.370 e. The van der Waals surface area contributed by atoms with Gasteiger partial charge in [0.1, 0.15) is 5.01 Å². The van der Waals surface area contributed by atoms with Crippen LogP contribution in [0.2, 0.25) is 0 Å². The van der Waals surface area contributed by atoms with Gasteiger partial charge in [-0.3, -0.25) is 4.99 Å². The number of aromatic nitrogens is 1. The molecule has 1 aromatic heterocycles. The minimum absolute atomic E-state index is 0.126. The summed E-state index contributed by atoms with van der Waals surface area (Å²) in [6.07, 6.45) is 1.79. The van der Waals surface area contributed by atoms with E-state index in [9.17, 15) is 0 Å². The maximum Gasteiger partial charge on any atom is 0.189 e. The predicted molar refractivity (Wildman–Crippen MR) is 65.0 cm³/mol. The molecule has 1 heterocycles. The lowest BCUT2D eigenvalue weighted by atomic mass is 10.2. The second kappa shape index (κ2) is 5.70. The van der Waals surface area contributed by atoms with Gasteiger partial charge in [-0.2, -0.15) is 0 Å². The summed E-state index contributed by atoms with van der Waals surface area (Å²) in [6, 6.07) is 0.126. The van der Waals surface area contributed by atoms with Crippen molar-refractivity contribution in [1.82, 2.24) is 10.3 Å². The Kier molecular flexibility index (Phi) is 4.55. The normalized spacial score (nSPS) is 14.3. The van der Waals surface area contributed by atoms with Crippen molar-refractivity contribution in [2.45, 2.75) is 26.8 Å². The average molecular weight is 226 g/mol. The number of nitrogens with zero attached hydrogens (tertiary/aromatic N) is 2. The van der Waals surface area contributed by atoms with Gasteiger partial charge in [0.25, 0.3) is 0 Å². The molecule has 0 aliphatic rings. The molecule has 15 heavy (non-hydrogen) atoms. The van der Waals surface area contributed by atoms with Crippen molar-refractivity contribution in [1.29, 1.82) is 0 Å². The van der Waals surface area contributed by atoms with E-state index in [1.807, 2.05) is 12.3 Å². The third-order valence-corrected chi connectivity index (χ3v) is 2.77. The van der Waals surface area contributed by atoms with Crippen molar-refractivity contribution in [2.75, 3.05) is 6.54 Å². The number of nitrogens with two attached hydrogens (primary N) is 1. The number of aliphatic imine (C=N–C) groups is 1. The van der Waals surface area contributed by atoms with Gasteiger partial charge in [-0.05, 0) is 12.8 Å². The SMILES string of the molecule is CC(C)CN=C(N)NC(C)c1nccs1. The van der Waals surface area contributed by atoms with Crippen molar-refractivity contribution in [3.05, 3.63) is 16.6 Å². The molecule has 0 saturated heterocycles. The minimum atomic E-state index is 0.126. The maximum absolute atomic E-state index is 5.74. The number of guanidine groups is 1. The molecule has 0 spiro atoms. The topological polar surface area (TPSA) is 63.3 Å². The van der Waals surface area contributed by atoms with Gasteiger partial charge in [0.2, 0.25) is 0 Å². The highest BCUT2D eigenvalue weighted by molar-refractivity contribution is 7.09. The van der Waals surface area contributed by atoms with E-state index in [0.717, 1.165) is 11.6 Å². The first-order valence-corrected chi connectivity index (χ1v) is 5.93. The average Bonchev–Trinajstić information content (AvgIpc) is 2.67. The van der Waals surface area contributed by atoms with Gasteiger partial charge in [-0.1, -0.05) is 13.8 Å². The van der Waals surface area contributed by atoms with Crippen LogP contribution >= 0.6 is 11.3 Å². The number of thiazole rings is 1. The standard InChI is InChI=1S/C10H18N4S/c1-7(2)6-13-10(11)14-8(3)9-12-4-5-15-9/h4-5,7-8H,6H2,1-3H3,(H3,11,13,14). The van der Waals surface area contributed by atoms with Crippen molar-refractivity contribution in [3.63, 3.8) is 0 Å². The van der Waals surface area contributed by atoms with Crippen LogP contribution in [0.15, 0.2) is 16.6 Å². The van der Waals surface area contributed by atoms with Crippen LogP contribution in [-0.2, 0) is 0 Å².